The van der Waals surface area contributed by atoms with E-state index in [1.807, 2.05) is 6.92 Å². The van der Waals surface area contributed by atoms with Gasteiger partial charge in [0, 0.05) is 16.8 Å². The van der Waals surface area contributed by atoms with Crippen LogP contribution in [0.2, 0.25) is 4.34 Å². The molecule has 2 N–H and O–H groups in total. The number of aryl methyl sites for hydroxylation is 1. The first-order chi connectivity index (χ1) is 7.91. The zero-order valence-electron chi connectivity index (χ0n) is 10.7. The minimum Gasteiger partial charge on any atom is -0.375 e. The van der Waals surface area contributed by atoms with Crippen LogP contribution in [-0.4, -0.2) is 12.2 Å². The second kappa shape index (κ2) is 4.88. The molecule has 2 nitrogen and oxygen atoms in total. The molecule has 0 aliphatic carbocycles. The SMILES string of the molecule is Cc1cc(C(N)C2C(C)OC(C)C2C)sc1Cl. The van der Waals surface area contributed by atoms with Gasteiger partial charge in [0.15, 0.2) is 0 Å². The van der Waals surface area contributed by atoms with Crippen molar-refractivity contribution in [3.05, 3.63) is 20.8 Å². The summed E-state index contributed by atoms with van der Waals surface area (Å²) in [5.41, 5.74) is 7.52. The summed E-state index contributed by atoms with van der Waals surface area (Å²) in [6.07, 6.45) is 0.508. The molecule has 1 aromatic rings. The third-order valence-electron chi connectivity index (χ3n) is 3.94. The normalized spacial score (nSPS) is 35.2. The van der Waals surface area contributed by atoms with Crippen molar-refractivity contribution in [3.63, 3.8) is 0 Å². The Bertz CT molecular complexity index is 387. The van der Waals surface area contributed by atoms with Gasteiger partial charge in [0.25, 0.3) is 0 Å². The first kappa shape index (κ1) is 13.3. The van der Waals surface area contributed by atoms with Crippen LogP contribution in [0.25, 0.3) is 0 Å². The number of thiophene rings is 1. The Morgan fingerprint density at radius 3 is 2.41 bits per heavy atom. The Kier molecular flexibility index (Phi) is 3.83. The maximum absolute atomic E-state index is 6.40. The number of halogens is 1. The van der Waals surface area contributed by atoms with E-state index in [0.717, 1.165) is 9.90 Å². The van der Waals surface area contributed by atoms with Crippen molar-refractivity contribution in [2.24, 2.45) is 17.6 Å². The van der Waals surface area contributed by atoms with Crippen LogP contribution in [0.15, 0.2) is 6.07 Å². The molecule has 1 aliphatic heterocycles. The zero-order chi connectivity index (χ0) is 12.7. The number of hydrogen-bond acceptors (Lipinski definition) is 3. The van der Waals surface area contributed by atoms with E-state index in [1.165, 1.54) is 4.88 Å². The maximum atomic E-state index is 6.40. The summed E-state index contributed by atoms with van der Waals surface area (Å²) in [4.78, 5) is 1.17. The van der Waals surface area contributed by atoms with E-state index in [1.54, 1.807) is 11.3 Å². The molecule has 0 bridgehead atoms. The van der Waals surface area contributed by atoms with Gasteiger partial charge < -0.3 is 10.5 Å². The standard InChI is InChI=1S/C13H20ClNOS/c1-6-5-10(17-13(6)14)12(15)11-7(2)8(3)16-9(11)4/h5,7-9,11-12H,15H2,1-4H3. The molecule has 1 fully saturated rings. The van der Waals surface area contributed by atoms with Gasteiger partial charge in [0.1, 0.15) is 0 Å². The predicted octanol–water partition coefficient (Wildman–Crippen LogP) is 3.77. The van der Waals surface area contributed by atoms with Gasteiger partial charge in [-0.3, -0.25) is 0 Å². The molecule has 1 aromatic heterocycles. The number of ether oxygens (including phenoxy) is 1. The molecule has 2 rings (SSSR count). The fraction of sp³-hybridized carbons (Fsp3) is 0.692. The molecule has 0 spiro atoms. The van der Waals surface area contributed by atoms with Crippen LogP contribution in [0.3, 0.4) is 0 Å². The summed E-state index contributed by atoms with van der Waals surface area (Å²) < 4.78 is 6.71. The lowest BCUT2D eigenvalue weighted by atomic mass is 9.83. The largest absolute Gasteiger partial charge is 0.375 e. The lowest BCUT2D eigenvalue weighted by molar-refractivity contribution is 0.0490. The molecular formula is C13H20ClNOS. The molecule has 4 heteroatoms. The van der Waals surface area contributed by atoms with Gasteiger partial charge in [-0.25, -0.2) is 0 Å². The lowest BCUT2D eigenvalue weighted by Crippen LogP contribution is -2.30. The Morgan fingerprint density at radius 2 is 2.00 bits per heavy atom. The summed E-state index contributed by atoms with van der Waals surface area (Å²) in [5, 5.41) is 0. The Labute approximate surface area is 112 Å². The number of rotatable bonds is 2. The van der Waals surface area contributed by atoms with E-state index in [-0.39, 0.29) is 18.2 Å². The van der Waals surface area contributed by atoms with Crippen LogP contribution in [0.1, 0.15) is 37.3 Å². The molecular weight excluding hydrogens is 254 g/mol. The van der Waals surface area contributed by atoms with Gasteiger partial charge in [-0.05, 0) is 38.3 Å². The molecule has 0 amide bonds. The zero-order valence-corrected chi connectivity index (χ0v) is 12.3. The predicted molar refractivity (Wildman–Crippen MR) is 73.7 cm³/mol. The Hall–Kier alpha value is -0.0900. The first-order valence-corrected chi connectivity index (χ1v) is 7.28. The minimum absolute atomic E-state index is 0.0288. The third kappa shape index (κ3) is 2.39. The third-order valence-corrected chi connectivity index (χ3v) is 5.59. The van der Waals surface area contributed by atoms with E-state index < -0.39 is 0 Å². The van der Waals surface area contributed by atoms with Crippen LogP contribution >= 0.6 is 22.9 Å². The summed E-state index contributed by atoms with van der Waals surface area (Å²) in [5.74, 6) is 0.861. The molecule has 2 heterocycles. The quantitative estimate of drug-likeness (QED) is 0.890. The first-order valence-electron chi connectivity index (χ1n) is 6.08. The molecule has 1 saturated heterocycles. The minimum atomic E-state index is 0.0288. The van der Waals surface area contributed by atoms with E-state index in [0.29, 0.717) is 11.8 Å². The van der Waals surface area contributed by atoms with E-state index in [9.17, 15) is 0 Å². The average molecular weight is 274 g/mol. The van der Waals surface area contributed by atoms with Crippen molar-refractivity contribution in [1.82, 2.24) is 0 Å². The highest BCUT2D eigenvalue weighted by Gasteiger charge is 2.41. The van der Waals surface area contributed by atoms with Crippen molar-refractivity contribution in [3.8, 4) is 0 Å². The monoisotopic (exact) mass is 273 g/mol. The van der Waals surface area contributed by atoms with Crippen molar-refractivity contribution in [2.45, 2.75) is 45.9 Å². The van der Waals surface area contributed by atoms with Crippen LogP contribution in [0.4, 0.5) is 0 Å². The fourth-order valence-electron chi connectivity index (χ4n) is 2.75. The molecule has 96 valence electrons. The molecule has 0 saturated carbocycles. The average Bonchev–Trinajstić information content (AvgIpc) is 2.70. The van der Waals surface area contributed by atoms with Crippen LogP contribution in [0.5, 0.6) is 0 Å². The second-order valence-corrected chi connectivity index (χ2v) is 6.80. The van der Waals surface area contributed by atoms with Crippen LogP contribution in [0, 0.1) is 18.8 Å². The highest BCUT2D eigenvalue weighted by Crippen LogP contribution is 2.42. The van der Waals surface area contributed by atoms with Gasteiger partial charge in [0.2, 0.25) is 0 Å². The van der Waals surface area contributed by atoms with Gasteiger partial charge >= 0.3 is 0 Å². The van der Waals surface area contributed by atoms with E-state index >= 15 is 0 Å². The molecule has 0 radical (unpaired) electrons. The topological polar surface area (TPSA) is 35.2 Å². The Morgan fingerprint density at radius 1 is 1.35 bits per heavy atom. The van der Waals surface area contributed by atoms with Crippen molar-refractivity contribution >= 4 is 22.9 Å². The van der Waals surface area contributed by atoms with Gasteiger partial charge in [0.05, 0.1) is 16.5 Å². The van der Waals surface area contributed by atoms with Gasteiger partial charge in [-0.2, -0.15) is 0 Å². The van der Waals surface area contributed by atoms with Crippen molar-refractivity contribution in [1.29, 1.82) is 0 Å². The van der Waals surface area contributed by atoms with E-state index in [2.05, 4.69) is 26.8 Å². The highest BCUT2D eigenvalue weighted by molar-refractivity contribution is 7.16. The molecule has 5 unspecified atom stereocenters. The molecule has 17 heavy (non-hydrogen) atoms. The summed E-state index contributed by atoms with van der Waals surface area (Å²) in [6.45, 7) is 8.49. The maximum Gasteiger partial charge on any atom is 0.0960 e. The number of nitrogens with two attached hydrogens (primary N) is 1. The smallest absolute Gasteiger partial charge is 0.0960 e. The van der Waals surface area contributed by atoms with Crippen molar-refractivity contribution < 1.29 is 4.74 Å². The van der Waals surface area contributed by atoms with Gasteiger partial charge in [-0.15, -0.1) is 11.3 Å². The van der Waals surface area contributed by atoms with Crippen molar-refractivity contribution in [2.75, 3.05) is 0 Å². The second-order valence-electron chi connectivity index (χ2n) is 5.11. The molecule has 5 atom stereocenters. The number of hydrogen-bond donors (Lipinski definition) is 1. The van der Waals surface area contributed by atoms with Crippen LogP contribution in [-0.2, 0) is 4.74 Å². The fourth-order valence-corrected chi connectivity index (χ4v) is 4.03. The van der Waals surface area contributed by atoms with Crippen LogP contribution < -0.4 is 5.73 Å². The summed E-state index contributed by atoms with van der Waals surface area (Å²) in [6, 6.07) is 2.14. The summed E-state index contributed by atoms with van der Waals surface area (Å²) >= 11 is 7.71. The molecule has 0 aromatic carbocycles. The Balaban J connectivity index is 2.22. The van der Waals surface area contributed by atoms with E-state index in [4.69, 9.17) is 22.1 Å². The van der Waals surface area contributed by atoms with Gasteiger partial charge in [-0.1, -0.05) is 18.5 Å². The highest BCUT2D eigenvalue weighted by atomic mass is 35.5. The lowest BCUT2D eigenvalue weighted by Gasteiger charge is -2.24. The summed E-state index contributed by atoms with van der Waals surface area (Å²) in [7, 11) is 0. The molecule has 1 aliphatic rings.